The standard InChI is InChI=1S/C60H38N2/c1-4-13-43(14-5-1)59-61-55-21-10-11-22-56(55)62(59)48-31-25-39(26-32-48)44-29-34-50-51-35-30-45(49-33-27-42-24-23-40-15-12-16-41-28-36-52(49)58(42)57(40)41)38-54(51)60(53(50)37-44,46-17-6-2-7-18-46)47-19-8-3-9-20-47/h1-38H. The monoisotopic (exact) mass is 786 g/mol. The number of aromatic nitrogens is 2. The van der Waals surface area contributed by atoms with Crippen LogP contribution >= 0.6 is 0 Å². The van der Waals surface area contributed by atoms with Gasteiger partial charge in [0, 0.05) is 11.3 Å². The van der Waals surface area contributed by atoms with E-state index < -0.39 is 5.41 Å². The van der Waals surface area contributed by atoms with Gasteiger partial charge in [-0.25, -0.2) is 4.98 Å². The van der Waals surface area contributed by atoms with Crippen molar-refractivity contribution in [2.45, 2.75) is 5.41 Å². The molecule has 11 aromatic carbocycles. The average Bonchev–Trinajstić information content (AvgIpc) is 3.88. The van der Waals surface area contributed by atoms with Gasteiger partial charge < -0.3 is 0 Å². The summed E-state index contributed by atoms with van der Waals surface area (Å²) in [7, 11) is 0. The van der Waals surface area contributed by atoms with Crippen LogP contribution in [-0.2, 0) is 5.41 Å². The number of para-hydroxylation sites is 2. The van der Waals surface area contributed by atoms with Crippen molar-refractivity contribution in [1.29, 1.82) is 0 Å². The molecular weight excluding hydrogens is 749 g/mol. The number of hydrogen-bond donors (Lipinski definition) is 0. The Morgan fingerprint density at radius 2 is 0.887 bits per heavy atom. The Kier molecular flexibility index (Phi) is 7.55. The third-order valence-corrected chi connectivity index (χ3v) is 13.4. The van der Waals surface area contributed by atoms with Crippen LogP contribution in [0.5, 0.6) is 0 Å². The van der Waals surface area contributed by atoms with Crippen molar-refractivity contribution in [2.75, 3.05) is 0 Å². The Balaban J connectivity index is 0.997. The summed E-state index contributed by atoms with van der Waals surface area (Å²) in [4.78, 5) is 5.09. The molecule has 0 saturated heterocycles. The first-order valence-electron chi connectivity index (χ1n) is 21.5. The quantitative estimate of drug-likeness (QED) is 0.154. The molecule has 0 unspecified atom stereocenters. The van der Waals surface area contributed by atoms with Crippen molar-refractivity contribution >= 4 is 43.4 Å². The second-order valence-electron chi connectivity index (χ2n) is 16.6. The lowest BCUT2D eigenvalue weighted by Crippen LogP contribution is -2.28. The van der Waals surface area contributed by atoms with E-state index in [0.29, 0.717) is 0 Å². The number of benzene rings is 11. The number of hydrogen-bond acceptors (Lipinski definition) is 1. The molecule has 1 aliphatic carbocycles. The van der Waals surface area contributed by atoms with Crippen molar-refractivity contribution in [3.05, 3.63) is 253 Å². The smallest absolute Gasteiger partial charge is 0.145 e. The minimum Gasteiger partial charge on any atom is -0.292 e. The Morgan fingerprint density at radius 1 is 0.355 bits per heavy atom. The van der Waals surface area contributed by atoms with Gasteiger partial charge in [-0.2, -0.15) is 0 Å². The average molecular weight is 787 g/mol. The normalized spacial score (nSPS) is 13.0. The van der Waals surface area contributed by atoms with Crippen LogP contribution in [0.4, 0.5) is 0 Å². The number of nitrogens with zero attached hydrogens (tertiary/aromatic N) is 2. The van der Waals surface area contributed by atoms with Crippen LogP contribution in [0.1, 0.15) is 22.3 Å². The van der Waals surface area contributed by atoms with E-state index in [1.165, 1.54) is 88.0 Å². The largest absolute Gasteiger partial charge is 0.292 e. The first-order chi connectivity index (χ1) is 30.7. The molecule has 0 fully saturated rings. The van der Waals surface area contributed by atoms with Crippen LogP contribution in [-0.4, -0.2) is 9.55 Å². The van der Waals surface area contributed by atoms with E-state index in [9.17, 15) is 0 Å². The fourth-order valence-electron chi connectivity index (χ4n) is 10.7. The van der Waals surface area contributed by atoms with E-state index in [4.69, 9.17) is 4.98 Å². The first-order valence-corrected chi connectivity index (χ1v) is 21.5. The highest BCUT2D eigenvalue weighted by Gasteiger charge is 2.46. The molecule has 0 atom stereocenters. The third-order valence-electron chi connectivity index (χ3n) is 13.4. The van der Waals surface area contributed by atoms with Crippen molar-refractivity contribution in [2.24, 2.45) is 0 Å². The predicted octanol–water partition coefficient (Wildman–Crippen LogP) is 15.3. The number of fused-ring (bicyclic) bond motifs is 4. The second-order valence-corrected chi connectivity index (χ2v) is 16.6. The van der Waals surface area contributed by atoms with Gasteiger partial charge in [0.15, 0.2) is 0 Å². The predicted molar refractivity (Wildman–Crippen MR) is 258 cm³/mol. The zero-order valence-electron chi connectivity index (χ0n) is 33.8. The summed E-state index contributed by atoms with van der Waals surface area (Å²) in [6.45, 7) is 0. The number of imidazole rings is 1. The summed E-state index contributed by atoms with van der Waals surface area (Å²) in [5, 5.41) is 7.82. The molecule has 12 aromatic rings. The van der Waals surface area contributed by atoms with Gasteiger partial charge in [-0.1, -0.05) is 194 Å². The van der Waals surface area contributed by atoms with Gasteiger partial charge in [-0.15, -0.1) is 0 Å². The highest BCUT2D eigenvalue weighted by Crippen LogP contribution is 2.57. The van der Waals surface area contributed by atoms with E-state index in [1.807, 2.05) is 0 Å². The minimum atomic E-state index is -0.552. The maximum absolute atomic E-state index is 5.09. The summed E-state index contributed by atoms with van der Waals surface area (Å²) in [6.07, 6.45) is 0. The Labute approximate surface area is 360 Å². The Morgan fingerprint density at radius 3 is 1.58 bits per heavy atom. The van der Waals surface area contributed by atoms with E-state index in [2.05, 4.69) is 235 Å². The summed E-state index contributed by atoms with van der Waals surface area (Å²) < 4.78 is 2.28. The summed E-state index contributed by atoms with van der Waals surface area (Å²) in [5.41, 5.74) is 16.2. The summed E-state index contributed by atoms with van der Waals surface area (Å²) in [5.74, 6) is 0.937. The molecule has 0 radical (unpaired) electrons. The second kappa shape index (κ2) is 13.5. The van der Waals surface area contributed by atoms with Crippen LogP contribution in [0, 0.1) is 0 Å². The van der Waals surface area contributed by atoms with Crippen LogP contribution < -0.4 is 0 Å². The SMILES string of the molecule is c1ccc(-c2nc3ccccc3n2-c2ccc(-c3ccc4c(c3)C(c3ccccc3)(c3ccccc3)c3cc(-c5ccc6ccc7cccc8ccc5c6c78)ccc3-4)cc2)cc1. The van der Waals surface area contributed by atoms with Crippen LogP contribution in [0.3, 0.4) is 0 Å². The lowest BCUT2D eigenvalue weighted by molar-refractivity contribution is 0.769. The van der Waals surface area contributed by atoms with Crippen molar-refractivity contribution in [3.8, 4) is 50.5 Å². The molecule has 0 N–H and O–H groups in total. The highest BCUT2D eigenvalue weighted by molar-refractivity contribution is 6.25. The molecule has 0 aliphatic heterocycles. The highest BCUT2D eigenvalue weighted by atomic mass is 15.1. The molecule has 0 saturated carbocycles. The molecule has 0 spiro atoms. The van der Waals surface area contributed by atoms with Crippen molar-refractivity contribution < 1.29 is 0 Å². The van der Waals surface area contributed by atoms with Crippen molar-refractivity contribution in [1.82, 2.24) is 9.55 Å². The molecule has 13 rings (SSSR count). The van der Waals surface area contributed by atoms with Gasteiger partial charge >= 0.3 is 0 Å². The van der Waals surface area contributed by atoms with E-state index >= 15 is 0 Å². The van der Waals surface area contributed by atoms with Crippen LogP contribution in [0.2, 0.25) is 0 Å². The van der Waals surface area contributed by atoms with E-state index in [0.717, 1.165) is 28.1 Å². The van der Waals surface area contributed by atoms with Gasteiger partial charge in [0.05, 0.1) is 16.4 Å². The Hall–Kier alpha value is -8.07. The maximum atomic E-state index is 5.09. The van der Waals surface area contributed by atoms with Gasteiger partial charge in [0.2, 0.25) is 0 Å². The van der Waals surface area contributed by atoms with Gasteiger partial charge in [-0.05, 0) is 124 Å². The first kappa shape index (κ1) is 34.8. The molecule has 2 heteroatoms. The fraction of sp³-hybridized carbons (Fsp3) is 0.0167. The summed E-state index contributed by atoms with van der Waals surface area (Å²) >= 11 is 0. The van der Waals surface area contributed by atoms with Crippen molar-refractivity contribution in [3.63, 3.8) is 0 Å². The van der Waals surface area contributed by atoms with Gasteiger partial charge in [0.25, 0.3) is 0 Å². The van der Waals surface area contributed by atoms with Gasteiger partial charge in [0.1, 0.15) is 5.82 Å². The molecule has 1 aliphatic rings. The molecule has 0 amide bonds. The molecule has 1 heterocycles. The molecule has 62 heavy (non-hydrogen) atoms. The zero-order valence-corrected chi connectivity index (χ0v) is 33.8. The van der Waals surface area contributed by atoms with Gasteiger partial charge in [-0.3, -0.25) is 4.57 Å². The molecule has 0 bridgehead atoms. The van der Waals surface area contributed by atoms with E-state index in [1.54, 1.807) is 0 Å². The van der Waals surface area contributed by atoms with Crippen LogP contribution in [0.25, 0.3) is 93.8 Å². The van der Waals surface area contributed by atoms with E-state index in [-0.39, 0.29) is 0 Å². The third kappa shape index (κ3) is 5.01. The number of rotatable bonds is 6. The zero-order chi connectivity index (χ0) is 40.8. The molecule has 1 aromatic heterocycles. The van der Waals surface area contributed by atoms with Crippen LogP contribution in [0.15, 0.2) is 231 Å². The molecule has 2 nitrogen and oxygen atoms in total. The lowest BCUT2D eigenvalue weighted by atomic mass is 9.67. The minimum absolute atomic E-state index is 0.552. The lowest BCUT2D eigenvalue weighted by Gasteiger charge is -2.34. The fourth-order valence-corrected chi connectivity index (χ4v) is 10.7. The topological polar surface area (TPSA) is 17.8 Å². The summed E-state index contributed by atoms with van der Waals surface area (Å²) in [6, 6.07) is 84.9. The maximum Gasteiger partial charge on any atom is 0.145 e. The Bertz CT molecular complexity index is 3600. The molecule has 288 valence electrons. The molecular formula is C60H38N2.